The third-order valence-corrected chi connectivity index (χ3v) is 8.17. The van der Waals surface area contributed by atoms with E-state index in [4.69, 9.17) is 4.84 Å². The minimum atomic E-state index is -0.349. The highest BCUT2D eigenvalue weighted by atomic mass is 16.7. The van der Waals surface area contributed by atoms with Gasteiger partial charge in [-0.25, -0.2) is 0 Å². The smallest absolute Gasteiger partial charge is 0.262 e. The Morgan fingerprint density at radius 2 is 1.87 bits per heavy atom. The molecule has 1 N–H and O–H groups in total. The van der Waals surface area contributed by atoms with E-state index >= 15 is 0 Å². The van der Waals surface area contributed by atoms with Gasteiger partial charge in [0.15, 0.2) is 0 Å². The fourth-order valence-electron chi connectivity index (χ4n) is 5.93. The van der Waals surface area contributed by atoms with E-state index in [1.165, 1.54) is 6.07 Å². The van der Waals surface area contributed by atoms with Crippen LogP contribution in [0, 0.1) is 0 Å². The van der Waals surface area contributed by atoms with E-state index in [9.17, 15) is 14.7 Å². The van der Waals surface area contributed by atoms with Crippen LogP contribution < -0.4 is 4.90 Å². The SMILES string of the molecule is O=C(Cn1ccc2ccc(N3Cc4cccc(O)c4C3=O)cc21)N1CCC2(CC1)CC(c1ccncc1)=NO2. The highest BCUT2D eigenvalue weighted by Gasteiger charge is 2.43. The predicted molar refractivity (Wildman–Crippen MR) is 146 cm³/mol. The largest absolute Gasteiger partial charge is 0.507 e. The van der Waals surface area contributed by atoms with Crippen LogP contribution >= 0.6 is 0 Å². The standard InChI is InChI=1S/C30H27N5O4/c36-26-3-1-2-22-18-35(29(38)28(22)26)23-5-4-21-8-13-34(25(21)16-23)19-27(37)33-14-9-30(10-15-33)17-24(32-39-30)20-6-11-31-12-7-20/h1-8,11-13,16,36H,9-10,14-15,17-19H2. The van der Waals surface area contributed by atoms with Gasteiger partial charge in [-0.1, -0.05) is 23.4 Å². The third kappa shape index (κ3) is 4.01. The molecule has 9 heteroatoms. The number of carbonyl (C=O) groups is 2. The summed E-state index contributed by atoms with van der Waals surface area (Å²) < 4.78 is 1.94. The van der Waals surface area contributed by atoms with Crippen molar-refractivity contribution in [2.24, 2.45) is 5.16 Å². The first kappa shape index (κ1) is 23.5. The van der Waals surface area contributed by atoms with Crippen molar-refractivity contribution in [1.29, 1.82) is 0 Å². The Balaban J connectivity index is 1.03. The zero-order valence-electron chi connectivity index (χ0n) is 21.3. The summed E-state index contributed by atoms with van der Waals surface area (Å²) in [5, 5.41) is 15.5. The lowest BCUT2D eigenvalue weighted by Gasteiger charge is -2.37. The molecule has 196 valence electrons. The quantitative estimate of drug-likeness (QED) is 0.436. The highest BCUT2D eigenvalue weighted by molar-refractivity contribution is 6.12. The van der Waals surface area contributed by atoms with Gasteiger partial charge in [0.1, 0.15) is 17.9 Å². The van der Waals surface area contributed by atoms with E-state index in [1.54, 1.807) is 23.4 Å². The number of amides is 2. The van der Waals surface area contributed by atoms with Crippen LogP contribution in [0.15, 0.2) is 78.3 Å². The van der Waals surface area contributed by atoms with Gasteiger partial charge in [-0.15, -0.1) is 0 Å². The van der Waals surface area contributed by atoms with Gasteiger partial charge in [0.2, 0.25) is 5.91 Å². The lowest BCUT2D eigenvalue weighted by atomic mass is 9.85. The molecule has 4 aromatic rings. The summed E-state index contributed by atoms with van der Waals surface area (Å²) in [6.07, 6.45) is 7.63. The monoisotopic (exact) mass is 521 g/mol. The molecule has 2 aromatic carbocycles. The molecule has 3 aliphatic heterocycles. The number of aromatic nitrogens is 2. The Morgan fingerprint density at radius 1 is 1.05 bits per heavy atom. The van der Waals surface area contributed by atoms with E-state index < -0.39 is 0 Å². The van der Waals surface area contributed by atoms with Crippen LogP contribution in [0.25, 0.3) is 10.9 Å². The number of hydrogen-bond donors (Lipinski definition) is 1. The van der Waals surface area contributed by atoms with E-state index in [2.05, 4.69) is 10.1 Å². The van der Waals surface area contributed by atoms with Gasteiger partial charge >= 0.3 is 0 Å². The Labute approximate surface area is 224 Å². The van der Waals surface area contributed by atoms with Crippen LogP contribution in [-0.4, -0.2) is 55.8 Å². The third-order valence-electron chi connectivity index (χ3n) is 8.17. The minimum absolute atomic E-state index is 0.00140. The normalized spacial score (nSPS) is 17.9. The molecule has 2 amide bonds. The maximum Gasteiger partial charge on any atom is 0.262 e. The molecule has 2 aromatic heterocycles. The summed E-state index contributed by atoms with van der Waals surface area (Å²) in [7, 11) is 0. The number of hydrogen-bond acceptors (Lipinski definition) is 6. The van der Waals surface area contributed by atoms with Gasteiger partial charge in [-0.05, 0) is 47.3 Å². The zero-order valence-corrected chi connectivity index (χ0v) is 21.3. The predicted octanol–water partition coefficient (Wildman–Crippen LogP) is 4.09. The molecule has 1 fully saturated rings. The van der Waals surface area contributed by atoms with Crippen molar-refractivity contribution in [3.8, 4) is 5.75 Å². The molecule has 5 heterocycles. The van der Waals surface area contributed by atoms with Crippen LogP contribution in [0.1, 0.15) is 40.7 Å². The number of phenols is 1. The highest BCUT2D eigenvalue weighted by Crippen LogP contribution is 2.37. The molecular formula is C30H27N5O4. The van der Waals surface area contributed by atoms with Gasteiger partial charge < -0.3 is 24.3 Å². The molecule has 0 radical (unpaired) electrons. The topological polar surface area (TPSA) is 100 Å². The number of anilines is 1. The van der Waals surface area contributed by atoms with Gasteiger partial charge in [0.25, 0.3) is 5.91 Å². The van der Waals surface area contributed by atoms with Gasteiger partial charge in [0, 0.05) is 62.2 Å². The number of aromatic hydroxyl groups is 1. The fraction of sp³-hybridized carbons (Fsp3) is 0.267. The minimum Gasteiger partial charge on any atom is -0.507 e. The summed E-state index contributed by atoms with van der Waals surface area (Å²) in [6.45, 7) is 1.85. The molecule has 1 spiro atoms. The lowest BCUT2D eigenvalue weighted by molar-refractivity contribution is -0.137. The number of phenolic OH excluding ortho intramolecular Hbond substituents is 1. The lowest BCUT2D eigenvalue weighted by Crippen LogP contribution is -2.47. The van der Waals surface area contributed by atoms with Crippen molar-refractivity contribution >= 4 is 34.1 Å². The number of likely N-dealkylation sites (tertiary alicyclic amines) is 1. The fourth-order valence-corrected chi connectivity index (χ4v) is 5.93. The molecule has 0 atom stereocenters. The van der Waals surface area contributed by atoms with Crippen molar-refractivity contribution in [3.05, 3.63) is 89.9 Å². The molecule has 9 nitrogen and oxygen atoms in total. The first-order valence-electron chi connectivity index (χ1n) is 13.1. The number of fused-ring (bicyclic) bond motifs is 2. The Morgan fingerprint density at radius 3 is 2.67 bits per heavy atom. The Bertz CT molecular complexity index is 1640. The second-order valence-electron chi connectivity index (χ2n) is 10.5. The molecule has 7 rings (SSSR count). The van der Waals surface area contributed by atoms with Crippen LogP contribution in [0.4, 0.5) is 5.69 Å². The molecule has 39 heavy (non-hydrogen) atoms. The molecule has 0 unspecified atom stereocenters. The summed E-state index contributed by atoms with van der Waals surface area (Å²) >= 11 is 0. The zero-order chi connectivity index (χ0) is 26.6. The number of oxime groups is 1. The van der Waals surface area contributed by atoms with Crippen molar-refractivity contribution in [2.45, 2.75) is 38.0 Å². The maximum absolute atomic E-state index is 13.3. The molecule has 0 saturated carbocycles. The molecule has 3 aliphatic rings. The van der Waals surface area contributed by atoms with E-state index in [-0.39, 0.29) is 29.7 Å². The van der Waals surface area contributed by atoms with Crippen molar-refractivity contribution < 1.29 is 19.5 Å². The van der Waals surface area contributed by atoms with Crippen LogP contribution in [-0.2, 0) is 22.7 Å². The van der Waals surface area contributed by atoms with Crippen LogP contribution in [0.3, 0.4) is 0 Å². The van der Waals surface area contributed by atoms with Crippen molar-refractivity contribution in [3.63, 3.8) is 0 Å². The number of pyridine rings is 1. The van der Waals surface area contributed by atoms with E-state index in [0.717, 1.165) is 52.7 Å². The van der Waals surface area contributed by atoms with E-state index in [1.807, 2.05) is 58.1 Å². The number of piperidine rings is 1. The van der Waals surface area contributed by atoms with Crippen molar-refractivity contribution in [2.75, 3.05) is 18.0 Å². The Kier molecular flexibility index (Phi) is 5.40. The number of benzene rings is 2. The number of rotatable bonds is 4. The average molecular weight is 522 g/mol. The Hall–Kier alpha value is -4.66. The second-order valence-corrected chi connectivity index (χ2v) is 10.5. The van der Waals surface area contributed by atoms with Crippen LogP contribution in [0.2, 0.25) is 0 Å². The summed E-state index contributed by atoms with van der Waals surface area (Å²) in [4.78, 5) is 39.9. The average Bonchev–Trinajstić information content (AvgIpc) is 3.66. The summed E-state index contributed by atoms with van der Waals surface area (Å²) in [6, 6.07) is 16.8. The number of nitrogens with zero attached hydrogens (tertiary/aromatic N) is 5. The van der Waals surface area contributed by atoms with Gasteiger partial charge in [0.05, 0.1) is 23.3 Å². The molecule has 0 bridgehead atoms. The maximum atomic E-state index is 13.3. The molecule has 0 aliphatic carbocycles. The van der Waals surface area contributed by atoms with Crippen LogP contribution in [0.5, 0.6) is 5.75 Å². The first-order chi connectivity index (χ1) is 19.0. The number of carbonyl (C=O) groups excluding carboxylic acids is 2. The summed E-state index contributed by atoms with van der Waals surface area (Å²) in [5.41, 5.74) is 4.39. The summed E-state index contributed by atoms with van der Waals surface area (Å²) in [5.74, 6) is -0.166. The molecule has 1 saturated heterocycles. The van der Waals surface area contributed by atoms with Gasteiger partial charge in [-0.2, -0.15) is 0 Å². The molecular weight excluding hydrogens is 494 g/mol. The van der Waals surface area contributed by atoms with E-state index in [0.29, 0.717) is 25.2 Å². The van der Waals surface area contributed by atoms with Crippen molar-refractivity contribution in [1.82, 2.24) is 14.5 Å². The second kappa shape index (κ2) is 8.97. The first-order valence-corrected chi connectivity index (χ1v) is 13.1. The van der Waals surface area contributed by atoms with Gasteiger partial charge in [-0.3, -0.25) is 14.6 Å².